The van der Waals surface area contributed by atoms with E-state index in [0.717, 1.165) is 17.2 Å². The largest absolute Gasteiger partial charge is 0.497 e. The number of hydrogen-bond donors (Lipinski definition) is 2. The summed E-state index contributed by atoms with van der Waals surface area (Å²) >= 11 is 1.74. The Morgan fingerprint density at radius 2 is 2.33 bits per heavy atom. The SMILES string of the molecule is CCSCCC(Nc1cccc(OC)c1)C(=O)O. The second-order valence-electron chi connectivity index (χ2n) is 3.75. The minimum absolute atomic E-state index is 0.559. The predicted octanol–water partition coefficient (Wildman–Crippen LogP) is 2.70. The number of carboxylic acid groups (broad SMARTS) is 1. The van der Waals surface area contributed by atoms with Crippen molar-refractivity contribution in [1.82, 2.24) is 0 Å². The van der Waals surface area contributed by atoms with E-state index in [1.54, 1.807) is 24.9 Å². The topological polar surface area (TPSA) is 58.6 Å². The fraction of sp³-hybridized carbons (Fsp3) is 0.462. The van der Waals surface area contributed by atoms with E-state index in [9.17, 15) is 4.79 Å². The van der Waals surface area contributed by atoms with Crippen molar-refractivity contribution in [3.05, 3.63) is 24.3 Å². The van der Waals surface area contributed by atoms with E-state index in [1.807, 2.05) is 18.2 Å². The molecule has 0 saturated carbocycles. The summed E-state index contributed by atoms with van der Waals surface area (Å²) in [6.45, 7) is 2.07. The van der Waals surface area contributed by atoms with E-state index >= 15 is 0 Å². The van der Waals surface area contributed by atoms with Crippen LogP contribution in [0.2, 0.25) is 0 Å². The van der Waals surface area contributed by atoms with Crippen LogP contribution in [0, 0.1) is 0 Å². The maximum absolute atomic E-state index is 11.1. The van der Waals surface area contributed by atoms with Gasteiger partial charge in [-0.25, -0.2) is 4.79 Å². The van der Waals surface area contributed by atoms with E-state index in [4.69, 9.17) is 9.84 Å². The first kappa shape index (κ1) is 14.7. The number of methoxy groups -OCH3 is 1. The minimum atomic E-state index is -0.825. The lowest BCUT2D eigenvalue weighted by Gasteiger charge is -2.16. The summed E-state index contributed by atoms with van der Waals surface area (Å²) in [6, 6.07) is 6.74. The molecular formula is C13H19NO3S. The first-order valence-electron chi connectivity index (χ1n) is 5.88. The van der Waals surface area contributed by atoms with Crippen molar-refractivity contribution in [3.8, 4) is 5.75 Å². The molecule has 1 aromatic carbocycles. The van der Waals surface area contributed by atoms with Crippen molar-refractivity contribution in [2.75, 3.05) is 23.9 Å². The Morgan fingerprint density at radius 3 is 2.94 bits per heavy atom. The molecule has 0 aliphatic carbocycles. The van der Waals surface area contributed by atoms with Gasteiger partial charge in [0.2, 0.25) is 0 Å². The summed E-state index contributed by atoms with van der Waals surface area (Å²) in [5.41, 5.74) is 0.767. The number of ether oxygens (including phenoxy) is 1. The average Bonchev–Trinajstić information content (AvgIpc) is 2.38. The molecule has 18 heavy (non-hydrogen) atoms. The number of aliphatic carboxylic acids is 1. The van der Waals surface area contributed by atoms with E-state index in [-0.39, 0.29) is 0 Å². The first-order valence-corrected chi connectivity index (χ1v) is 7.04. The van der Waals surface area contributed by atoms with Gasteiger partial charge in [0.05, 0.1) is 7.11 Å². The normalized spacial score (nSPS) is 11.9. The number of nitrogens with one attached hydrogen (secondary N) is 1. The summed E-state index contributed by atoms with van der Waals surface area (Å²) in [5.74, 6) is 1.73. The highest BCUT2D eigenvalue weighted by Crippen LogP contribution is 2.18. The number of carboxylic acids is 1. The van der Waals surface area contributed by atoms with Crippen molar-refractivity contribution >= 4 is 23.4 Å². The van der Waals surface area contributed by atoms with Crippen molar-refractivity contribution in [3.63, 3.8) is 0 Å². The lowest BCUT2D eigenvalue weighted by Crippen LogP contribution is -2.29. The molecule has 0 aliphatic heterocycles. The molecule has 0 aromatic heterocycles. The molecule has 0 radical (unpaired) electrons. The third kappa shape index (κ3) is 4.87. The molecule has 1 unspecified atom stereocenters. The number of carbonyl (C=O) groups is 1. The van der Waals surface area contributed by atoms with Crippen LogP contribution in [0.5, 0.6) is 5.75 Å². The molecule has 4 nitrogen and oxygen atoms in total. The third-order valence-electron chi connectivity index (χ3n) is 2.46. The third-order valence-corrected chi connectivity index (χ3v) is 3.40. The lowest BCUT2D eigenvalue weighted by atomic mass is 10.2. The Kier molecular flexibility index (Phi) is 6.43. The molecule has 1 rings (SSSR count). The van der Waals surface area contributed by atoms with E-state index < -0.39 is 12.0 Å². The number of benzene rings is 1. The van der Waals surface area contributed by atoms with Gasteiger partial charge < -0.3 is 15.2 Å². The second kappa shape index (κ2) is 7.87. The summed E-state index contributed by atoms with van der Waals surface area (Å²) in [4.78, 5) is 11.1. The Balaban J connectivity index is 2.61. The molecule has 1 atom stereocenters. The van der Waals surface area contributed by atoms with Gasteiger partial charge in [0, 0.05) is 11.8 Å². The quantitative estimate of drug-likeness (QED) is 0.711. The van der Waals surface area contributed by atoms with Gasteiger partial charge in [0.1, 0.15) is 11.8 Å². The molecule has 100 valence electrons. The highest BCUT2D eigenvalue weighted by molar-refractivity contribution is 7.99. The Morgan fingerprint density at radius 1 is 1.56 bits per heavy atom. The summed E-state index contributed by atoms with van der Waals surface area (Å²) in [7, 11) is 1.59. The van der Waals surface area contributed by atoms with Gasteiger partial charge in [-0.15, -0.1) is 0 Å². The molecule has 1 aromatic rings. The highest BCUT2D eigenvalue weighted by Gasteiger charge is 2.16. The van der Waals surface area contributed by atoms with Crippen LogP contribution >= 0.6 is 11.8 Å². The molecule has 0 heterocycles. The molecular weight excluding hydrogens is 250 g/mol. The van der Waals surface area contributed by atoms with E-state index in [0.29, 0.717) is 12.2 Å². The van der Waals surface area contributed by atoms with Gasteiger partial charge in [0.15, 0.2) is 0 Å². The second-order valence-corrected chi connectivity index (χ2v) is 5.15. The zero-order valence-corrected chi connectivity index (χ0v) is 11.5. The first-order chi connectivity index (χ1) is 8.67. The zero-order valence-electron chi connectivity index (χ0n) is 10.7. The summed E-state index contributed by atoms with van der Waals surface area (Å²) < 4.78 is 5.10. The van der Waals surface area contributed by atoms with Crippen LogP contribution in [0.25, 0.3) is 0 Å². The summed E-state index contributed by atoms with van der Waals surface area (Å²) in [5, 5.41) is 12.2. The lowest BCUT2D eigenvalue weighted by molar-refractivity contribution is -0.137. The molecule has 0 saturated heterocycles. The van der Waals surface area contributed by atoms with E-state index in [1.165, 1.54) is 0 Å². The van der Waals surface area contributed by atoms with Crippen molar-refractivity contribution < 1.29 is 14.6 Å². The van der Waals surface area contributed by atoms with Crippen molar-refractivity contribution in [1.29, 1.82) is 0 Å². The van der Waals surface area contributed by atoms with Crippen molar-refractivity contribution in [2.24, 2.45) is 0 Å². The van der Waals surface area contributed by atoms with E-state index in [2.05, 4.69) is 12.2 Å². The molecule has 0 fully saturated rings. The van der Waals surface area contributed by atoms with Crippen molar-refractivity contribution in [2.45, 2.75) is 19.4 Å². The summed E-state index contributed by atoms with van der Waals surface area (Å²) in [6.07, 6.45) is 0.602. The van der Waals surface area contributed by atoms with Crippen LogP contribution in [0.4, 0.5) is 5.69 Å². The number of anilines is 1. The van der Waals surface area contributed by atoms with Gasteiger partial charge in [-0.3, -0.25) is 0 Å². The fourth-order valence-electron chi connectivity index (χ4n) is 1.52. The van der Waals surface area contributed by atoms with Gasteiger partial charge in [0.25, 0.3) is 0 Å². The standard InChI is InChI=1S/C13H19NO3S/c1-3-18-8-7-12(13(15)16)14-10-5-4-6-11(9-10)17-2/h4-6,9,12,14H,3,7-8H2,1-2H3,(H,15,16). The van der Waals surface area contributed by atoms with Gasteiger partial charge >= 0.3 is 5.97 Å². The van der Waals surface area contributed by atoms with Crippen LogP contribution in [0.1, 0.15) is 13.3 Å². The van der Waals surface area contributed by atoms with Crippen LogP contribution in [0.3, 0.4) is 0 Å². The molecule has 0 spiro atoms. The van der Waals surface area contributed by atoms with Gasteiger partial charge in [-0.2, -0.15) is 11.8 Å². The highest BCUT2D eigenvalue weighted by atomic mass is 32.2. The Labute approximate surface area is 112 Å². The molecule has 0 bridgehead atoms. The minimum Gasteiger partial charge on any atom is -0.497 e. The van der Waals surface area contributed by atoms with Gasteiger partial charge in [-0.1, -0.05) is 13.0 Å². The molecule has 0 aliphatic rings. The monoisotopic (exact) mass is 269 g/mol. The fourth-order valence-corrected chi connectivity index (χ4v) is 2.21. The van der Waals surface area contributed by atoms with Crippen LogP contribution in [-0.2, 0) is 4.79 Å². The van der Waals surface area contributed by atoms with Crippen LogP contribution in [-0.4, -0.2) is 35.7 Å². The number of thioether (sulfide) groups is 1. The zero-order chi connectivity index (χ0) is 13.4. The predicted molar refractivity (Wildman–Crippen MR) is 75.7 cm³/mol. The molecule has 0 amide bonds. The number of hydrogen-bond acceptors (Lipinski definition) is 4. The van der Waals surface area contributed by atoms with Crippen LogP contribution in [0.15, 0.2) is 24.3 Å². The van der Waals surface area contributed by atoms with Gasteiger partial charge in [-0.05, 0) is 30.1 Å². The Hall–Kier alpha value is -1.36. The Bertz CT molecular complexity index is 384. The average molecular weight is 269 g/mol. The maximum Gasteiger partial charge on any atom is 0.326 e. The molecule has 5 heteroatoms. The number of rotatable bonds is 8. The maximum atomic E-state index is 11.1. The smallest absolute Gasteiger partial charge is 0.326 e. The molecule has 2 N–H and O–H groups in total. The van der Waals surface area contributed by atoms with Crippen LogP contribution < -0.4 is 10.1 Å².